The number of hydrogen-bond donors (Lipinski definition) is 3. The molecule has 0 amide bonds. The van der Waals surface area contributed by atoms with Gasteiger partial charge in [0.15, 0.2) is 0 Å². The summed E-state index contributed by atoms with van der Waals surface area (Å²) in [5.41, 5.74) is 6.08. The summed E-state index contributed by atoms with van der Waals surface area (Å²) in [6, 6.07) is 4.52. The van der Waals surface area contributed by atoms with Crippen LogP contribution in [0.25, 0.3) is 0 Å². The summed E-state index contributed by atoms with van der Waals surface area (Å²) in [7, 11) is -3.53. The summed E-state index contributed by atoms with van der Waals surface area (Å²) in [6.07, 6.45) is 2.56. The summed E-state index contributed by atoms with van der Waals surface area (Å²) in [6.45, 7) is 0.465. The van der Waals surface area contributed by atoms with E-state index in [2.05, 4.69) is 20.7 Å². The maximum Gasteiger partial charge on any atom is 0.240 e. The first-order chi connectivity index (χ1) is 8.88. The van der Waals surface area contributed by atoms with E-state index >= 15 is 0 Å². The molecule has 1 aliphatic rings. The van der Waals surface area contributed by atoms with Gasteiger partial charge in [-0.1, -0.05) is 0 Å². The molecule has 1 saturated carbocycles. The fourth-order valence-electron chi connectivity index (χ4n) is 1.94. The van der Waals surface area contributed by atoms with Crippen LogP contribution in [0.2, 0.25) is 0 Å². The number of rotatable bonds is 6. The Labute approximate surface area is 121 Å². The van der Waals surface area contributed by atoms with Crippen molar-refractivity contribution in [1.82, 2.24) is 4.72 Å². The summed E-state index contributed by atoms with van der Waals surface area (Å²) in [5, 5.41) is 8.96. The lowest BCUT2D eigenvalue weighted by Gasteiger charge is -2.15. The minimum atomic E-state index is -3.53. The van der Waals surface area contributed by atoms with Gasteiger partial charge >= 0.3 is 0 Å². The maximum atomic E-state index is 12.1. The van der Waals surface area contributed by atoms with Gasteiger partial charge in [0.05, 0.1) is 4.90 Å². The fraction of sp³-hybridized carbons (Fsp3) is 0.500. The lowest BCUT2D eigenvalue weighted by Crippen LogP contribution is -2.30. The van der Waals surface area contributed by atoms with Crippen molar-refractivity contribution in [1.29, 1.82) is 0 Å². The zero-order valence-electron chi connectivity index (χ0n) is 10.4. The van der Waals surface area contributed by atoms with Crippen molar-refractivity contribution in [2.24, 2.45) is 5.41 Å². The highest BCUT2D eigenvalue weighted by atomic mass is 79.9. The topological polar surface area (TPSA) is 92.4 Å². The molecule has 106 valence electrons. The van der Waals surface area contributed by atoms with Crippen molar-refractivity contribution in [3.05, 3.63) is 22.7 Å². The van der Waals surface area contributed by atoms with E-state index < -0.39 is 10.0 Å². The SMILES string of the molecule is Nc1ccc(S(=O)(=O)NCC2(CCO)CC2)cc1Br. The number of aliphatic hydroxyl groups excluding tert-OH is 1. The molecule has 1 fully saturated rings. The molecule has 4 N–H and O–H groups in total. The Morgan fingerprint density at radius 3 is 2.63 bits per heavy atom. The van der Waals surface area contributed by atoms with Crippen LogP contribution in [0.3, 0.4) is 0 Å². The second-order valence-electron chi connectivity index (χ2n) is 4.98. The molecule has 0 aromatic heterocycles. The van der Waals surface area contributed by atoms with Crippen molar-refractivity contribution >= 4 is 31.6 Å². The zero-order chi connectivity index (χ0) is 14.1. The molecule has 0 radical (unpaired) electrons. The maximum absolute atomic E-state index is 12.1. The van der Waals surface area contributed by atoms with Gasteiger partial charge in [-0.05, 0) is 58.8 Å². The van der Waals surface area contributed by atoms with Crippen LogP contribution in [0.15, 0.2) is 27.6 Å². The van der Waals surface area contributed by atoms with E-state index in [-0.39, 0.29) is 16.9 Å². The molecule has 0 atom stereocenters. The molecule has 2 rings (SSSR count). The molecule has 19 heavy (non-hydrogen) atoms. The lowest BCUT2D eigenvalue weighted by molar-refractivity contribution is 0.249. The standard InChI is InChI=1S/C12H17BrN2O3S/c13-10-7-9(1-2-11(10)14)19(17,18)15-8-12(3-4-12)5-6-16/h1-2,7,15-16H,3-6,8,14H2. The van der Waals surface area contributed by atoms with E-state index in [1.807, 2.05) is 0 Å². The average molecular weight is 349 g/mol. The first-order valence-corrected chi connectivity index (χ1v) is 8.32. The number of benzene rings is 1. The van der Waals surface area contributed by atoms with Crippen molar-refractivity contribution in [2.45, 2.75) is 24.2 Å². The van der Waals surface area contributed by atoms with Gasteiger partial charge in [0, 0.05) is 23.3 Å². The summed E-state index contributed by atoms with van der Waals surface area (Å²) < 4.78 is 27.4. The Morgan fingerprint density at radius 1 is 1.42 bits per heavy atom. The second-order valence-corrected chi connectivity index (χ2v) is 7.60. The van der Waals surface area contributed by atoms with E-state index in [9.17, 15) is 8.42 Å². The third-order valence-electron chi connectivity index (χ3n) is 3.52. The normalized spacial score (nSPS) is 17.4. The molecule has 1 aromatic carbocycles. The van der Waals surface area contributed by atoms with Crippen LogP contribution in [-0.4, -0.2) is 26.7 Å². The van der Waals surface area contributed by atoms with Gasteiger partial charge in [-0.2, -0.15) is 0 Å². The second kappa shape index (κ2) is 5.40. The molecule has 1 aliphatic carbocycles. The molecule has 0 unspecified atom stereocenters. The predicted molar refractivity (Wildman–Crippen MR) is 77.1 cm³/mol. The number of aliphatic hydroxyl groups is 1. The summed E-state index contributed by atoms with van der Waals surface area (Å²) in [4.78, 5) is 0.188. The molecule has 1 aromatic rings. The highest BCUT2D eigenvalue weighted by Gasteiger charge is 2.42. The van der Waals surface area contributed by atoms with E-state index in [0.717, 1.165) is 12.8 Å². The Balaban J connectivity index is 2.08. The molecule has 0 heterocycles. The third kappa shape index (κ3) is 3.47. The molecule has 5 nitrogen and oxygen atoms in total. The fourth-order valence-corrected chi connectivity index (χ4v) is 3.65. The van der Waals surface area contributed by atoms with Crippen LogP contribution in [0.5, 0.6) is 0 Å². The molecule has 0 bridgehead atoms. The minimum absolute atomic E-state index is 0.0487. The van der Waals surface area contributed by atoms with E-state index in [1.54, 1.807) is 6.07 Å². The molecular formula is C12H17BrN2O3S. The zero-order valence-corrected chi connectivity index (χ0v) is 12.8. The van der Waals surface area contributed by atoms with Gasteiger partial charge in [0.25, 0.3) is 0 Å². The van der Waals surface area contributed by atoms with Crippen molar-refractivity contribution < 1.29 is 13.5 Å². The highest BCUT2D eigenvalue weighted by Crippen LogP contribution is 2.48. The predicted octanol–water partition coefficient (Wildman–Crippen LogP) is 1.47. The van der Waals surface area contributed by atoms with Gasteiger partial charge in [-0.25, -0.2) is 13.1 Å². The number of hydrogen-bond acceptors (Lipinski definition) is 4. The number of sulfonamides is 1. The van der Waals surface area contributed by atoms with Crippen LogP contribution < -0.4 is 10.5 Å². The van der Waals surface area contributed by atoms with Crippen molar-refractivity contribution in [3.8, 4) is 0 Å². The van der Waals surface area contributed by atoms with E-state index in [0.29, 0.717) is 23.1 Å². The Bertz CT molecular complexity index is 570. The van der Waals surface area contributed by atoms with Gasteiger partial charge in [-0.15, -0.1) is 0 Å². The largest absolute Gasteiger partial charge is 0.398 e. The first kappa shape index (κ1) is 14.8. The van der Waals surface area contributed by atoms with Gasteiger partial charge < -0.3 is 10.8 Å². The van der Waals surface area contributed by atoms with Crippen molar-refractivity contribution in [2.75, 3.05) is 18.9 Å². The number of halogens is 1. The molecular weight excluding hydrogens is 332 g/mol. The molecule has 0 spiro atoms. The Kier molecular flexibility index (Phi) is 4.20. The molecule has 7 heteroatoms. The van der Waals surface area contributed by atoms with Gasteiger partial charge in [0.2, 0.25) is 10.0 Å². The summed E-state index contributed by atoms with van der Waals surface area (Å²) in [5.74, 6) is 0. The quantitative estimate of drug-likeness (QED) is 0.678. The average Bonchev–Trinajstić information content (AvgIpc) is 3.11. The smallest absolute Gasteiger partial charge is 0.240 e. The van der Waals surface area contributed by atoms with Crippen LogP contribution in [0.4, 0.5) is 5.69 Å². The highest BCUT2D eigenvalue weighted by molar-refractivity contribution is 9.10. The van der Waals surface area contributed by atoms with Crippen LogP contribution >= 0.6 is 15.9 Å². The van der Waals surface area contributed by atoms with Gasteiger partial charge in [0.1, 0.15) is 0 Å². The number of nitrogens with one attached hydrogen (secondary N) is 1. The Hall–Kier alpha value is -0.630. The van der Waals surface area contributed by atoms with Crippen LogP contribution in [0.1, 0.15) is 19.3 Å². The van der Waals surface area contributed by atoms with Crippen molar-refractivity contribution in [3.63, 3.8) is 0 Å². The molecule has 0 saturated heterocycles. The van der Waals surface area contributed by atoms with E-state index in [1.165, 1.54) is 12.1 Å². The lowest BCUT2D eigenvalue weighted by atomic mass is 10.0. The monoisotopic (exact) mass is 348 g/mol. The van der Waals surface area contributed by atoms with Gasteiger partial charge in [-0.3, -0.25) is 0 Å². The summed E-state index contributed by atoms with van der Waals surface area (Å²) >= 11 is 3.22. The third-order valence-corrected chi connectivity index (χ3v) is 5.60. The number of nitrogens with two attached hydrogens (primary N) is 1. The molecule has 0 aliphatic heterocycles. The number of anilines is 1. The number of nitrogen functional groups attached to an aromatic ring is 1. The van der Waals surface area contributed by atoms with Crippen LogP contribution in [0, 0.1) is 5.41 Å². The van der Waals surface area contributed by atoms with E-state index in [4.69, 9.17) is 10.8 Å². The first-order valence-electron chi connectivity index (χ1n) is 6.04. The minimum Gasteiger partial charge on any atom is -0.398 e. The Morgan fingerprint density at radius 2 is 2.11 bits per heavy atom. The van der Waals surface area contributed by atoms with Crippen LogP contribution in [-0.2, 0) is 10.0 Å².